The van der Waals surface area contributed by atoms with Crippen LogP contribution in [0.2, 0.25) is 0 Å². The third-order valence-electron chi connectivity index (χ3n) is 4.35. The van der Waals surface area contributed by atoms with Crippen LogP contribution < -0.4 is 10.5 Å². The number of fused-ring (bicyclic) bond motifs is 1. The van der Waals surface area contributed by atoms with Crippen molar-refractivity contribution in [1.82, 2.24) is 0 Å². The Morgan fingerprint density at radius 1 is 1.29 bits per heavy atom. The van der Waals surface area contributed by atoms with Gasteiger partial charge in [0.1, 0.15) is 0 Å². The Morgan fingerprint density at radius 2 is 2.00 bits per heavy atom. The topological polar surface area (TPSA) is 35.2 Å². The molecule has 3 unspecified atom stereocenters. The molecule has 0 bridgehead atoms. The van der Waals surface area contributed by atoms with Crippen LogP contribution in [0, 0.1) is 23.6 Å². The maximum atomic E-state index is 13.6. The van der Waals surface area contributed by atoms with Gasteiger partial charge < -0.3 is 10.5 Å². The Hall–Kier alpha value is -1.09. The van der Waals surface area contributed by atoms with Gasteiger partial charge in [0.15, 0.2) is 11.6 Å². The lowest BCUT2D eigenvalue weighted by Crippen LogP contribution is -2.20. The maximum absolute atomic E-state index is 13.6. The maximum Gasteiger partial charge on any atom is 0.165 e. The molecule has 2 aliphatic rings. The normalized spacial score (nSPS) is 32.1. The SMILES string of the molecule is COc1ccc(C(N)C2CC3CC3C2)cc1F. The van der Waals surface area contributed by atoms with Gasteiger partial charge in [0.05, 0.1) is 7.11 Å². The van der Waals surface area contributed by atoms with Crippen LogP contribution in [0.15, 0.2) is 18.2 Å². The molecule has 2 aliphatic carbocycles. The fourth-order valence-electron chi connectivity index (χ4n) is 3.22. The second-order valence-corrected chi connectivity index (χ2v) is 5.41. The van der Waals surface area contributed by atoms with E-state index in [2.05, 4.69) is 0 Å². The van der Waals surface area contributed by atoms with Crippen LogP contribution in [0.1, 0.15) is 30.9 Å². The first kappa shape index (κ1) is 11.0. The molecule has 0 radical (unpaired) electrons. The molecule has 2 nitrogen and oxygen atoms in total. The molecule has 0 heterocycles. The zero-order valence-corrected chi connectivity index (χ0v) is 10.0. The van der Waals surface area contributed by atoms with E-state index in [1.165, 1.54) is 32.4 Å². The average molecular weight is 235 g/mol. The third kappa shape index (κ3) is 1.93. The number of ether oxygens (including phenoxy) is 1. The van der Waals surface area contributed by atoms with Crippen LogP contribution in [0.25, 0.3) is 0 Å². The lowest BCUT2D eigenvalue weighted by Gasteiger charge is -2.21. The Labute approximate surface area is 101 Å². The number of hydrogen-bond donors (Lipinski definition) is 1. The summed E-state index contributed by atoms with van der Waals surface area (Å²) in [5.41, 5.74) is 7.13. The summed E-state index contributed by atoms with van der Waals surface area (Å²) in [5.74, 6) is 2.33. The lowest BCUT2D eigenvalue weighted by atomic mass is 9.90. The molecule has 1 aromatic rings. The Balaban J connectivity index is 1.76. The van der Waals surface area contributed by atoms with Crippen molar-refractivity contribution in [3.8, 4) is 5.75 Å². The lowest BCUT2D eigenvalue weighted by molar-refractivity contribution is 0.381. The molecule has 0 saturated heterocycles. The minimum Gasteiger partial charge on any atom is -0.494 e. The molecule has 2 N–H and O–H groups in total. The van der Waals surface area contributed by atoms with E-state index >= 15 is 0 Å². The molecule has 0 amide bonds. The molecule has 3 atom stereocenters. The van der Waals surface area contributed by atoms with Crippen molar-refractivity contribution >= 4 is 0 Å². The van der Waals surface area contributed by atoms with Crippen molar-refractivity contribution in [2.45, 2.75) is 25.3 Å². The summed E-state index contributed by atoms with van der Waals surface area (Å²) in [4.78, 5) is 0. The summed E-state index contributed by atoms with van der Waals surface area (Å²) in [7, 11) is 1.47. The summed E-state index contributed by atoms with van der Waals surface area (Å²) >= 11 is 0. The van der Waals surface area contributed by atoms with E-state index in [0.717, 1.165) is 17.4 Å². The Bertz CT molecular complexity index is 424. The number of benzene rings is 1. The first-order chi connectivity index (χ1) is 8.19. The molecule has 92 valence electrons. The predicted octanol–water partition coefficient (Wildman–Crippen LogP) is 2.88. The summed E-state index contributed by atoms with van der Waals surface area (Å²) in [6.45, 7) is 0. The van der Waals surface area contributed by atoms with Gasteiger partial charge in [-0.1, -0.05) is 6.07 Å². The van der Waals surface area contributed by atoms with Crippen LogP contribution >= 0.6 is 0 Å². The number of halogens is 1. The van der Waals surface area contributed by atoms with Gasteiger partial charge in [-0.3, -0.25) is 0 Å². The summed E-state index contributed by atoms with van der Waals surface area (Å²) in [6.07, 6.45) is 3.83. The minimum atomic E-state index is -0.316. The van der Waals surface area contributed by atoms with Crippen molar-refractivity contribution in [3.05, 3.63) is 29.6 Å². The van der Waals surface area contributed by atoms with Gasteiger partial charge >= 0.3 is 0 Å². The van der Waals surface area contributed by atoms with Crippen molar-refractivity contribution in [2.75, 3.05) is 7.11 Å². The van der Waals surface area contributed by atoms with Gasteiger partial charge in [-0.05, 0) is 54.7 Å². The second-order valence-electron chi connectivity index (χ2n) is 5.41. The molecule has 17 heavy (non-hydrogen) atoms. The van der Waals surface area contributed by atoms with Gasteiger partial charge in [0.2, 0.25) is 0 Å². The molecule has 0 spiro atoms. The Kier molecular flexibility index (Phi) is 2.58. The van der Waals surface area contributed by atoms with Crippen LogP contribution in [-0.2, 0) is 0 Å². The van der Waals surface area contributed by atoms with Crippen LogP contribution in [0.5, 0.6) is 5.75 Å². The van der Waals surface area contributed by atoms with Crippen molar-refractivity contribution in [3.63, 3.8) is 0 Å². The average Bonchev–Trinajstić information content (AvgIpc) is 2.95. The highest BCUT2D eigenvalue weighted by Gasteiger charge is 2.47. The van der Waals surface area contributed by atoms with Gasteiger partial charge in [-0.15, -0.1) is 0 Å². The highest BCUT2D eigenvalue weighted by atomic mass is 19.1. The van der Waals surface area contributed by atoms with E-state index in [1.807, 2.05) is 6.07 Å². The fourth-order valence-corrected chi connectivity index (χ4v) is 3.22. The fraction of sp³-hybridized carbons (Fsp3) is 0.571. The van der Waals surface area contributed by atoms with Crippen molar-refractivity contribution < 1.29 is 9.13 Å². The smallest absolute Gasteiger partial charge is 0.165 e. The molecule has 3 heteroatoms. The highest BCUT2D eigenvalue weighted by Crippen LogP contribution is 2.56. The van der Waals surface area contributed by atoms with E-state index in [9.17, 15) is 4.39 Å². The van der Waals surface area contributed by atoms with Gasteiger partial charge in [-0.25, -0.2) is 4.39 Å². The van der Waals surface area contributed by atoms with Gasteiger partial charge in [-0.2, -0.15) is 0 Å². The van der Waals surface area contributed by atoms with Crippen molar-refractivity contribution in [2.24, 2.45) is 23.5 Å². The number of rotatable bonds is 3. The van der Waals surface area contributed by atoms with Crippen LogP contribution in [0.3, 0.4) is 0 Å². The van der Waals surface area contributed by atoms with E-state index in [-0.39, 0.29) is 17.6 Å². The molecule has 2 saturated carbocycles. The highest BCUT2D eigenvalue weighted by molar-refractivity contribution is 5.31. The van der Waals surface area contributed by atoms with E-state index in [1.54, 1.807) is 6.07 Å². The third-order valence-corrected chi connectivity index (χ3v) is 4.35. The summed E-state index contributed by atoms with van der Waals surface area (Å²) in [6, 6.07) is 5.05. The molecular weight excluding hydrogens is 217 g/mol. The van der Waals surface area contributed by atoms with Gasteiger partial charge in [0.25, 0.3) is 0 Å². The molecule has 2 fully saturated rings. The zero-order valence-electron chi connectivity index (χ0n) is 10.0. The minimum absolute atomic E-state index is 0.0248. The van der Waals surface area contributed by atoms with E-state index in [0.29, 0.717) is 5.92 Å². The molecule has 1 aromatic carbocycles. The largest absolute Gasteiger partial charge is 0.494 e. The Morgan fingerprint density at radius 3 is 2.59 bits per heavy atom. The first-order valence-electron chi connectivity index (χ1n) is 6.28. The monoisotopic (exact) mass is 235 g/mol. The van der Waals surface area contributed by atoms with Crippen molar-refractivity contribution in [1.29, 1.82) is 0 Å². The first-order valence-corrected chi connectivity index (χ1v) is 6.28. The number of methoxy groups -OCH3 is 1. The number of hydrogen-bond acceptors (Lipinski definition) is 2. The summed E-state index contributed by atoms with van der Waals surface area (Å²) < 4.78 is 18.5. The van der Waals surface area contributed by atoms with E-state index in [4.69, 9.17) is 10.5 Å². The molecular formula is C14H18FNO. The van der Waals surface area contributed by atoms with Crippen LogP contribution in [0.4, 0.5) is 4.39 Å². The molecule has 0 aliphatic heterocycles. The number of nitrogens with two attached hydrogens (primary N) is 1. The van der Waals surface area contributed by atoms with E-state index < -0.39 is 0 Å². The van der Waals surface area contributed by atoms with Crippen LogP contribution in [-0.4, -0.2) is 7.11 Å². The standard InChI is InChI=1S/C14H18FNO/c1-17-13-3-2-8(7-12(13)15)14(16)11-5-9-4-10(9)6-11/h2-3,7,9-11,14H,4-6,16H2,1H3. The quantitative estimate of drug-likeness (QED) is 0.874. The molecule has 0 aromatic heterocycles. The summed E-state index contributed by atoms with van der Waals surface area (Å²) in [5, 5.41) is 0. The van der Waals surface area contributed by atoms with Gasteiger partial charge in [0, 0.05) is 6.04 Å². The predicted molar refractivity (Wildman–Crippen MR) is 64.2 cm³/mol. The zero-order chi connectivity index (χ0) is 12.0. The molecule has 3 rings (SSSR count). The second kappa shape index (κ2) is 3.98.